The Bertz CT molecular complexity index is 1330. The van der Waals surface area contributed by atoms with Gasteiger partial charge in [0.25, 0.3) is 0 Å². The number of nitrogens with two attached hydrogens (primary N) is 1. The number of carbonyl (C=O) groups is 1. The second-order valence-electron chi connectivity index (χ2n) is 7.72. The van der Waals surface area contributed by atoms with E-state index in [4.69, 9.17) is 20.3 Å². The summed E-state index contributed by atoms with van der Waals surface area (Å²) >= 11 is 0. The molecule has 9 nitrogen and oxygen atoms in total. The molecule has 9 heteroatoms. The number of aliphatic hydroxyl groups is 1. The van der Waals surface area contributed by atoms with Crippen LogP contribution in [0.2, 0.25) is 0 Å². The molecule has 4 N–H and O–H groups in total. The number of anilines is 2. The predicted octanol–water partition coefficient (Wildman–Crippen LogP) is 5.05. The number of fused-ring (bicyclic) bond motifs is 1. The highest BCUT2D eigenvalue weighted by atomic mass is 16.5. The van der Waals surface area contributed by atoms with Gasteiger partial charge in [0.1, 0.15) is 23.8 Å². The minimum absolute atomic E-state index is 0.0451. The van der Waals surface area contributed by atoms with E-state index in [9.17, 15) is 4.79 Å². The number of nitrogens with zero attached hydrogens (tertiary/aromatic N) is 3. The van der Waals surface area contributed by atoms with Crippen LogP contribution in [0.1, 0.15) is 21.5 Å². The van der Waals surface area contributed by atoms with Gasteiger partial charge in [-0.1, -0.05) is 6.08 Å². The Morgan fingerprint density at radius 3 is 2.57 bits per heavy atom. The van der Waals surface area contributed by atoms with Crippen molar-refractivity contribution in [1.29, 1.82) is 0 Å². The molecule has 0 aromatic heterocycles. The van der Waals surface area contributed by atoms with Crippen molar-refractivity contribution in [3.63, 3.8) is 0 Å². The maximum Gasteiger partial charge on any atom is 0.213 e. The summed E-state index contributed by atoms with van der Waals surface area (Å²) in [6, 6.07) is 15.8. The summed E-state index contributed by atoms with van der Waals surface area (Å²) in [6.07, 6.45) is 3.46. The van der Waals surface area contributed by atoms with Crippen LogP contribution in [-0.2, 0) is 0 Å². The zero-order valence-corrected chi connectivity index (χ0v) is 19.4. The summed E-state index contributed by atoms with van der Waals surface area (Å²) < 4.78 is 10.8. The van der Waals surface area contributed by atoms with E-state index in [0.29, 0.717) is 39.8 Å². The van der Waals surface area contributed by atoms with Gasteiger partial charge < -0.3 is 20.3 Å². The average molecular weight is 472 g/mol. The minimum atomic E-state index is -0.191. The number of nitrogen functional groups attached to an aromatic ring is 1. The van der Waals surface area contributed by atoms with Crippen molar-refractivity contribution in [2.75, 3.05) is 31.5 Å². The maximum atomic E-state index is 12.8. The van der Waals surface area contributed by atoms with Crippen LogP contribution >= 0.6 is 0 Å². The Kier molecular flexibility index (Phi) is 7.18. The van der Waals surface area contributed by atoms with E-state index >= 15 is 0 Å². The third kappa shape index (κ3) is 5.53. The number of carbonyl (C=O) groups excluding carboxylic acids is 1. The van der Waals surface area contributed by atoms with E-state index in [1.807, 2.05) is 19.1 Å². The molecule has 0 atom stereocenters. The van der Waals surface area contributed by atoms with Crippen LogP contribution in [0.4, 0.5) is 22.7 Å². The molecule has 0 bridgehead atoms. The lowest BCUT2D eigenvalue weighted by Gasteiger charge is -2.13. The lowest BCUT2D eigenvalue weighted by Crippen LogP contribution is -2.18. The topological polar surface area (TPSA) is 131 Å². The normalized spacial score (nSPS) is 13.8. The van der Waals surface area contributed by atoms with Crippen molar-refractivity contribution in [3.8, 4) is 11.5 Å². The molecule has 0 saturated carbocycles. The number of ketones is 1. The number of benzene rings is 3. The zero-order valence-electron chi connectivity index (χ0n) is 19.4. The number of nitrogens with one attached hydrogen (secondary N) is 1. The molecule has 0 saturated heterocycles. The van der Waals surface area contributed by atoms with Gasteiger partial charge in [0.05, 0.1) is 30.8 Å². The highest BCUT2D eigenvalue weighted by Crippen LogP contribution is 2.34. The molecule has 178 valence electrons. The number of hydrogen-bond acceptors (Lipinski definition) is 9. The van der Waals surface area contributed by atoms with Gasteiger partial charge in [0, 0.05) is 17.3 Å². The van der Waals surface area contributed by atoms with Crippen molar-refractivity contribution in [2.45, 2.75) is 6.92 Å². The molecule has 0 aliphatic heterocycles. The van der Waals surface area contributed by atoms with Gasteiger partial charge in [-0.25, -0.2) is 0 Å². The van der Waals surface area contributed by atoms with Gasteiger partial charge in [-0.15, -0.1) is 0 Å². The smallest absolute Gasteiger partial charge is 0.213 e. The molecule has 1 aliphatic carbocycles. The van der Waals surface area contributed by atoms with Gasteiger partial charge in [-0.3, -0.25) is 10.2 Å². The second kappa shape index (κ2) is 10.6. The first-order chi connectivity index (χ1) is 17.0. The molecule has 0 heterocycles. The van der Waals surface area contributed by atoms with E-state index in [-0.39, 0.29) is 24.7 Å². The number of rotatable bonds is 8. The van der Waals surface area contributed by atoms with Crippen molar-refractivity contribution in [1.82, 2.24) is 0 Å². The molecule has 1 aliphatic rings. The summed E-state index contributed by atoms with van der Waals surface area (Å²) in [5, 5.41) is 21.7. The quantitative estimate of drug-likeness (QED) is 0.239. The minimum Gasteiger partial charge on any atom is -0.494 e. The second-order valence-corrected chi connectivity index (χ2v) is 7.72. The van der Waals surface area contributed by atoms with Crippen molar-refractivity contribution in [3.05, 3.63) is 77.4 Å². The summed E-state index contributed by atoms with van der Waals surface area (Å²) in [4.78, 5) is 12.8. The number of methoxy groups -OCH3 is 1. The number of aryl methyl sites for hydroxylation is 1. The number of Topliss-reactive ketones (excluding diaryl/α,β-unsaturated/α-hetero) is 1. The number of ether oxygens (including phenoxy) is 2. The molecule has 3 aromatic carbocycles. The number of azo groups is 1. The van der Waals surface area contributed by atoms with Gasteiger partial charge >= 0.3 is 0 Å². The van der Waals surface area contributed by atoms with Crippen molar-refractivity contribution in [2.24, 2.45) is 15.3 Å². The maximum absolute atomic E-state index is 12.8. The van der Waals surface area contributed by atoms with Crippen molar-refractivity contribution >= 4 is 40.3 Å². The van der Waals surface area contributed by atoms with Crippen LogP contribution in [0.15, 0.2) is 76.0 Å². The third-order valence-corrected chi connectivity index (χ3v) is 5.26. The van der Waals surface area contributed by atoms with Gasteiger partial charge in [-0.2, -0.15) is 15.3 Å². The highest BCUT2D eigenvalue weighted by Gasteiger charge is 2.19. The summed E-state index contributed by atoms with van der Waals surface area (Å²) in [5.41, 5.74) is 13.6. The van der Waals surface area contributed by atoms with Crippen LogP contribution < -0.4 is 20.6 Å². The van der Waals surface area contributed by atoms with E-state index in [1.165, 1.54) is 0 Å². The molecular weight excluding hydrogens is 446 g/mol. The van der Waals surface area contributed by atoms with Gasteiger partial charge in [-0.05, 0) is 72.7 Å². The van der Waals surface area contributed by atoms with Crippen LogP contribution in [0.25, 0.3) is 6.08 Å². The Balaban J connectivity index is 1.51. The molecule has 0 spiro atoms. The predicted molar refractivity (Wildman–Crippen MR) is 136 cm³/mol. The number of allylic oxidation sites excluding steroid dienone is 1. The fourth-order valence-electron chi connectivity index (χ4n) is 3.44. The van der Waals surface area contributed by atoms with Crippen LogP contribution in [0, 0.1) is 6.92 Å². The molecule has 3 aromatic rings. The number of hydrogen-bond donors (Lipinski definition) is 3. The van der Waals surface area contributed by atoms with Crippen LogP contribution in [0.5, 0.6) is 11.5 Å². The first-order valence-electron chi connectivity index (χ1n) is 10.9. The number of aliphatic hydroxyl groups excluding tert-OH is 1. The Morgan fingerprint density at radius 2 is 1.83 bits per heavy atom. The molecule has 4 rings (SSSR count). The molecular formula is C26H25N5O4. The molecule has 0 unspecified atom stereocenters. The van der Waals surface area contributed by atoms with E-state index in [0.717, 1.165) is 11.1 Å². The summed E-state index contributed by atoms with van der Waals surface area (Å²) in [5.74, 6) is 0.956. The van der Waals surface area contributed by atoms with E-state index < -0.39 is 0 Å². The van der Waals surface area contributed by atoms with E-state index in [1.54, 1.807) is 61.7 Å². The number of hydrazone groups is 1. The Hall–Kier alpha value is -4.50. The molecule has 0 radical (unpaired) electrons. The SMILES string of the molecule is COc1cc(/N=N/c2ccc(OCCO)cc2)c(C)cc1N/N=C1/C=Cc2cc(N)ccc2C1=O. The van der Waals surface area contributed by atoms with Gasteiger partial charge in [0.2, 0.25) is 5.78 Å². The van der Waals surface area contributed by atoms with Gasteiger partial charge in [0.15, 0.2) is 0 Å². The first-order valence-corrected chi connectivity index (χ1v) is 10.9. The largest absolute Gasteiger partial charge is 0.494 e. The van der Waals surface area contributed by atoms with Crippen LogP contribution in [0.3, 0.4) is 0 Å². The van der Waals surface area contributed by atoms with E-state index in [2.05, 4.69) is 20.8 Å². The first kappa shape index (κ1) is 23.7. The lowest BCUT2D eigenvalue weighted by molar-refractivity contribution is 0.106. The Labute approximate surface area is 202 Å². The Morgan fingerprint density at radius 1 is 1.03 bits per heavy atom. The molecule has 0 fully saturated rings. The fraction of sp³-hybridized carbons (Fsp3) is 0.154. The fourth-order valence-corrected chi connectivity index (χ4v) is 3.44. The molecule has 35 heavy (non-hydrogen) atoms. The average Bonchev–Trinajstić information content (AvgIpc) is 2.87. The molecule has 0 amide bonds. The zero-order chi connectivity index (χ0) is 24.8. The lowest BCUT2D eigenvalue weighted by atomic mass is 9.94. The monoisotopic (exact) mass is 471 g/mol. The standard InChI is InChI=1S/C26H25N5O4/c1-16-13-24(31-29-22-10-3-17-14-18(27)4-9-21(17)26(22)33)25(34-2)15-23(16)30-28-19-5-7-20(8-6-19)35-12-11-32/h3-10,13-15,31-32H,11-12,27H2,1-2H3/b29-22-,30-28+. The van der Waals surface area contributed by atoms with Crippen LogP contribution in [-0.4, -0.2) is 36.9 Å². The van der Waals surface area contributed by atoms with Crippen molar-refractivity contribution < 1.29 is 19.4 Å². The highest BCUT2D eigenvalue weighted by molar-refractivity contribution is 6.52. The summed E-state index contributed by atoms with van der Waals surface area (Å²) in [7, 11) is 1.54. The summed E-state index contributed by atoms with van der Waals surface area (Å²) in [6.45, 7) is 2.08. The third-order valence-electron chi connectivity index (χ3n) is 5.26.